The topological polar surface area (TPSA) is 87.5 Å². The standard InChI is InChI=1S/C26H40N4O2/c1-17(2)19-4-6-20(7-5-19)24-22-16-21(29-18(3)31)8-9-23(22)26(10-13-28-14-11-26)25(32)30(24)15-12-27/h8-9,16-17,19-20,24,28H,4-7,10-15,27H2,1-3H3,(H,29,31). The largest absolute Gasteiger partial charge is 0.333 e. The second kappa shape index (κ2) is 9.52. The minimum Gasteiger partial charge on any atom is -0.333 e. The SMILES string of the molecule is CC(=O)Nc1ccc2c(c1)C(C1CCC(C(C)C)CC1)N(CCN)C(=O)C21CCNCC1. The molecule has 2 amide bonds. The fourth-order valence-corrected chi connectivity index (χ4v) is 6.56. The molecule has 0 aromatic heterocycles. The van der Waals surface area contributed by atoms with Gasteiger partial charge >= 0.3 is 0 Å². The zero-order valence-electron chi connectivity index (χ0n) is 20.0. The number of nitrogens with zero attached hydrogens (tertiary/aromatic N) is 1. The van der Waals surface area contributed by atoms with Gasteiger partial charge < -0.3 is 21.3 Å². The molecule has 1 unspecified atom stereocenters. The molecule has 0 bridgehead atoms. The Balaban J connectivity index is 1.79. The number of hydrogen-bond donors (Lipinski definition) is 3. The van der Waals surface area contributed by atoms with Gasteiger partial charge in [0.25, 0.3) is 0 Å². The van der Waals surface area contributed by atoms with Crippen molar-refractivity contribution >= 4 is 17.5 Å². The maximum absolute atomic E-state index is 14.1. The molecule has 1 aromatic carbocycles. The Morgan fingerprint density at radius 2 is 1.91 bits per heavy atom. The highest BCUT2D eigenvalue weighted by Gasteiger charge is 2.52. The molecule has 2 heterocycles. The van der Waals surface area contributed by atoms with E-state index in [1.54, 1.807) is 6.92 Å². The molecule has 1 aliphatic carbocycles. The summed E-state index contributed by atoms with van der Waals surface area (Å²) < 4.78 is 0. The van der Waals surface area contributed by atoms with E-state index in [1.807, 2.05) is 6.07 Å². The third-order valence-electron chi connectivity index (χ3n) is 8.25. The van der Waals surface area contributed by atoms with Crippen molar-refractivity contribution in [2.24, 2.45) is 23.5 Å². The molecule has 6 nitrogen and oxygen atoms in total. The fraction of sp³-hybridized carbons (Fsp3) is 0.692. The molecule has 32 heavy (non-hydrogen) atoms. The Hall–Kier alpha value is -1.92. The van der Waals surface area contributed by atoms with Crippen LogP contribution in [0.3, 0.4) is 0 Å². The van der Waals surface area contributed by atoms with Crippen molar-refractivity contribution in [2.75, 3.05) is 31.5 Å². The summed E-state index contributed by atoms with van der Waals surface area (Å²) in [5.41, 5.74) is 8.81. The molecule has 176 valence electrons. The molecule has 3 aliphatic rings. The molecule has 1 saturated carbocycles. The quantitative estimate of drug-likeness (QED) is 0.653. The van der Waals surface area contributed by atoms with Gasteiger partial charge in [-0.05, 0) is 92.6 Å². The number of nitrogens with two attached hydrogens (primary N) is 1. The molecule has 4 N–H and O–H groups in total. The Kier molecular flexibility index (Phi) is 6.91. The molecule has 4 rings (SSSR count). The van der Waals surface area contributed by atoms with E-state index < -0.39 is 5.41 Å². The van der Waals surface area contributed by atoms with Crippen molar-refractivity contribution in [3.05, 3.63) is 29.3 Å². The average Bonchev–Trinajstić information content (AvgIpc) is 2.78. The molecule has 1 saturated heterocycles. The van der Waals surface area contributed by atoms with Crippen LogP contribution in [0, 0.1) is 17.8 Å². The van der Waals surface area contributed by atoms with Crippen molar-refractivity contribution in [1.29, 1.82) is 0 Å². The summed E-state index contributed by atoms with van der Waals surface area (Å²) in [7, 11) is 0. The number of anilines is 1. The summed E-state index contributed by atoms with van der Waals surface area (Å²) in [5, 5.41) is 6.40. The third-order valence-corrected chi connectivity index (χ3v) is 8.25. The normalized spacial score (nSPS) is 27.5. The maximum atomic E-state index is 14.1. The van der Waals surface area contributed by atoms with Crippen molar-refractivity contribution in [1.82, 2.24) is 10.2 Å². The fourth-order valence-electron chi connectivity index (χ4n) is 6.56. The zero-order valence-corrected chi connectivity index (χ0v) is 20.0. The number of carbonyl (C=O) groups is 2. The van der Waals surface area contributed by atoms with Crippen molar-refractivity contribution in [3.63, 3.8) is 0 Å². The van der Waals surface area contributed by atoms with E-state index in [-0.39, 0.29) is 17.9 Å². The lowest BCUT2D eigenvalue weighted by Gasteiger charge is -2.52. The second-order valence-corrected chi connectivity index (χ2v) is 10.5. The van der Waals surface area contributed by atoms with Crippen molar-refractivity contribution < 1.29 is 9.59 Å². The Morgan fingerprint density at radius 3 is 2.50 bits per heavy atom. The van der Waals surface area contributed by atoms with Gasteiger partial charge in [-0.3, -0.25) is 9.59 Å². The summed E-state index contributed by atoms with van der Waals surface area (Å²) in [6, 6.07) is 6.29. The second-order valence-electron chi connectivity index (χ2n) is 10.5. The third kappa shape index (κ3) is 4.19. The molecular weight excluding hydrogens is 400 g/mol. The van der Waals surface area contributed by atoms with E-state index in [2.05, 4.69) is 41.5 Å². The number of nitrogens with one attached hydrogen (secondary N) is 2. The summed E-state index contributed by atoms with van der Waals surface area (Å²) in [4.78, 5) is 28.0. The summed E-state index contributed by atoms with van der Waals surface area (Å²) in [6.07, 6.45) is 6.34. The van der Waals surface area contributed by atoms with E-state index >= 15 is 0 Å². The van der Waals surface area contributed by atoms with Crippen LogP contribution in [-0.4, -0.2) is 42.9 Å². The number of rotatable bonds is 5. The van der Waals surface area contributed by atoms with Crippen LogP contribution < -0.4 is 16.4 Å². The summed E-state index contributed by atoms with van der Waals surface area (Å²) in [6.45, 7) is 8.95. The first-order valence-corrected chi connectivity index (χ1v) is 12.5. The molecule has 1 atom stereocenters. The lowest BCUT2D eigenvalue weighted by Crippen LogP contribution is -2.58. The summed E-state index contributed by atoms with van der Waals surface area (Å²) >= 11 is 0. The van der Waals surface area contributed by atoms with Gasteiger partial charge in [0.1, 0.15) is 0 Å². The van der Waals surface area contributed by atoms with Gasteiger partial charge in [-0.2, -0.15) is 0 Å². The molecule has 0 radical (unpaired) electrons. The first-order valence-electron chi connectivity index (χ1n) is 12.5. The first-order chi connectivity index (χ1) is 15.4. The van der Waals surface area contributed by atoms with E-state index in [0.29, 0.717) is 24.9 Å². The van der Waals surface area contributed by atoms with Crippen LogP contribution in [0.25, 0.3) is 0 Å². The van der Waals surface area contributed by atoms with Crippen LogP contribution in [0.15, 0.2) is 18.2 Å². The average molecular weight is 441 g/mol. The molecule has 2 aliphatic heterocycles. The van der Waals surface area contributed by atoms with E-state index in [1.165, 1.54) is 24.0 Å². The monoisotopic (exact) mass is 440 g/mol. The molecule has 1 aromatic rings. The van der Waals surface area contributed by atoms with E-state index in [4.69, 9.17) is 5.73 Å². The number of benzene rings is 1. The number of fused-ring (bicyclic) bond motifs is 2. The minimum absolute atomic E-state index is 0.0448. The predicted molar refractivity (Wildman–Crippen MR) is 128 cm³/mol. The van der Waals surface area contributed by atoms with Crippen LogP contribution in [0.5, 0.6) is 0 Å². The van der Waals surface area contributed by atoms with Crippen LogP contribution in [-0.2, 0) is 15.0 Å². The van der Waals surface area contributed by atoms with Gasteiger partial charge in [0.15, 0.2) is 0 Å². The predicted octanol–water partition coefficient (Wildman–Crippen LogP) is 3.57. The highest BCUT2D eigenvalue weighted by atomic mass is 16.2. The van der Waals surface area contributed by atoms with Gasteiger partial charge in [-0.15, -0.1) is 0 Å². The number of carbonyl (C=O) groups excluding carboxylic acids is 2. The zero-order chi connectivity index (χ0) is 22.9. The lowest BCUT2D eigenvalue weighted by molar-refractivity contribution is -0.145. The first kappa shape index (κ1) is 23.2. The smallest absolute Gasteiger partial charge is 0.233 e. The van der Waals surface area contributed by atoms with E-state index in [9.17, 15) is 9.59 Å². The van der Waals surface area contributed by atoms with Crippen LogP contribution in [0.4, 0.5) is 5.69 Å². The van der Waals surface area contributed by atoms with Crippen molar-refractivity contribution in [2.45, 2.75) is 70.8 Å². The number of amides is 2. The van der Waals surface area contributed by atoms with Gasteiger partial charge in [0, 0.05) is 25.7 Å². The van der Waals surface area contributed by atoms with Crippen LogP contribution in [0.1, 0.15) is 76.5 Å². The van der Waals surface area contributed by atoms with Gasteiger partial charge in [-0.1, -0.05) is 19.9 Å². The van der Waals surface area contributed by atoms with E-state index in [0.717, 1.165) is 50.4 Å². The van der Waals surface area contributed by atoms with Gasteiger partial charge in [-0.25, -0.2) is 0 Å². The number of piperidine rings is 1. The van der Waals surface area contributed by atoms with Gasteiger partial charge in [0.2, 0.25) is 11.8 Å². The van der Waals surface area contributed by atoms with Crippen LogP contribution in [0.2, 0.25) is 0 Å². The lowest BCUT2D eigenvalue weighted by atomic mass is 9.63. The molecule has 2 fully saturated rings. The number of hydrogen-bond acceptors (Lipinski definition) is 4. The van der Waals surface area contributed by atoms with Crippen molar-refractivity contribution in [3.8, 4) is 0 Å². The maximum Gasteiger partial charge on any atom is 0.233 e. The Morgan fingerprint density at radius 1 is 1.22 bits per heavy atom. The highest BCUT2D eigenvalue weighted by molar-refractivity contribution is 5.93. The molecule has 6 heteroatoms. The molecular formula is C26H40N4O2. The Bertz CT molecular complexity index is 838. The van der Waals surface area contributed by atoms with Crippen LogP contribution >= 0.6 is 0 Å². The highest BCUT2D eigenvalue weighted by Crippen LogP contribution is 2.51. The Labute approximate surface area is 192 Å². The summed E-state index contributed by atoms with van der Waals surface area (Å²) in [5.74, 6) is 2.11. The van der Waals surface area contributed by atoms with Gasteiger partial charge in [0.05, 0.1) is 11.5 Å². The minimum atomic E-state index is -0.476. The molecule has 1 spiro atoms.